The lowest BCUT2D eigenvalue weighted by atomic mass is 10.3. The Hall–Kier alpha value is -0.700. The normalized spacial score (nSPS) is 9.90. The van der Waals surface area contributed by atoms with Gasteiger partial charge in [-0.3, -0.25) is 0 Å². The van der Waals surface area contributed by atoms with Crippen LogP contribution in [0.4, 0.5) is 10.7 Å². The molecular formula is C7H12N2S. The average molecular weight is 156 g/mol. The molecule has 56 valence electrons. The maximum Gasteiger partial charge on any atom is 0.0910 e. The third kappa shape index (κ3) is 0.968. The van der Waals surface area contributed by atoms with Crippen LogP contribution in [0.5, 0.6) is 0 Å². The van der Waals surface area contributed by atoms with E-state index in [2.05, 4.69) is 12.2 Å². The predicted molar refractivity (Wildman–Crippen MR) is 47.8 cm³/mol. The van der Waals surface area contributed by atoms with Gasteiger partial charge in [0, 0.05) is 17.5 Å². The van der Waals surface area contributed by atoms with Gasteiger partial charge < -0.3 is 11.1 Å². The number of rotatable bonds is 1. The van der Waals surface area contributed by atoms with Crippen molar-refractivity contribution in [3.05, 3.63) is 10.4 Å². The van der Waals surface area contributed by atoms with E-state index < -0.39 is 0 Å². The number of hydrogen-bond donors (Lipinski definition) is 2. The average Bonchev–Trinajstić information content (AvgIpc) is 2.09. The molecule has 3 heteroatoms. The molecule has 0 spiro atoms. The van der Waals surface area contributed by atoms with Gasteiger partial charge in [0.25, 0.3) is 0 Å². The summed E-state index contributed by atoms with van der Waals surface area (Å²) in [6.07, 6.45) is 0. The van der Waals surface area contributed by atoms with Gasteiger partial charge >= 0.3 is 0 Å². The van der Waals surface area contributed by atoms with Gasteiger partial charge in [-0.15, -0.1) is 11.3 Å². The Labute approximate surface area is 65.1 Å². The van der Waals surface area contributed by atoms with E-state index in [0.717, 1.165) is 5.00 Å². The molecule has 0 atom stereocenters. The van der Waals surface area contributed by atoms with Crippen molar-refractivity contribution < 1.29 is 0 Å². The number of nitrogens with one attached hydrogen (secondary N) is 1. The van der Waals surface area contributed by atoms with E-state index in [1.165, 1.54) is 16.1 Å². The highest BCUT2D eigenvalue weighted by Gasteiger charge is 2.06. The SMILES string of the molecule is CNc1c(C)sc(N)c1C. The van der Waals surface area contributed by atoms with Crippen LogP contribution in [-0.4, -0.2) is 7.05 Å². The molecule has 0 radical (unpaired) electrons. The molecule has 1 rings (SSSR count). The van der Waals surface area contributed by atoms with Crippen LogP contribution in [0.3, 0.4) is 0 Å². The van der Waals surface area contributed by atoms with Crippen molar-refractivity contribution in [1.82, 2.24) is 0 Å². The molecule has 0 amide bonds. The molecule has 2 nitrogen and oxygen atoms in total. The molecule has 0 saturated carbocycles. The van der Waals surface area contributed by atoms with Crippen molar-refractivity contribution >= 4 is 22.0 Å². The molecule has 0 aromatic carbocycles. The lowest BCUT2D eigenvalue weighted by Gasteiger charge is -1.98. The van der Waals surface area contributed by atoms with E-state index in [9.17, 15) is 0 Å². The first-order valence-corrected chi connectivity index (χ1v) is 4.01. The number of anilines is 2. The van der Waals surface area contributed by atoms with E-state index in [1.807, 2.05) is 14.0 Å². The van der Waals surface area contributed by atoms with Crippen LogP contribution in [-0.2, 0) is 0 Å². The first-order valence-electron chi connectivity index (χ1n) is 3.20. The number of hydrogen-bond acceptors (Lipinski definition) is 3. The first kappa shape index (κ1) is 7.41. The van der Waals surface area contributed by atoms with Crippen LogP contribution in [0, 0.1) is 13.8 Å². The molecule has 10 heavy (non-hydrogen) atoms. The van der Waals surface area contributed by atoms with E-state index in [1.54, 1.807) is 11.3 Å². The lowest BCUT2D eigenvalue weighted by molar-refractivity contribution is 1.42. The minimum Gasteiger partial charge on any atom is -0.390 e. The van der Waals surface area contributed by atoms with Gasteiger partial charge in [0.2, 0.25) is 0 Å². The minimum atomic E-state index is 0.918. The Bertz CT molecular complexity index is 240. The Balaban J connectivity index is 3.20. The number of aryl methyl sites for hydroxylation is 1. The smallest absolute Gasteiger partial charge is 0.0910 e. The molecule has 0 aliphatic rings. The molecule has 0 saturated heterocycles. The Kier molecular flexibility index (Phi) is 1.85. The molecule has 0 bridgehead atoms. The first-order chi connectivity index (χ1) is 4.66. The van der Waals surface area contributed by atoms with Crippen LogP contribution in [0.25, 0.3) is 0 Å². The van der Waals surface area contributed by atoms with Crippen molar-refractivity contribution in [1.29, 1.82) is 0 Å². The highest BCUT2D eigenvalue weighted by molar-refractivity contribution is 7.16. The monoisotopic (exact) mass is 156 g/mol. The largest absolute Gasteiger partial charge is 0.390 e. The second-order valence-corrected chi connectivity index (χ2v) is 3.53. The van der Waals surface area contributed by atoms with Crippen molar-refractivity contribution in [2.45, 2.75) is 13.8 Å². The van der Waals surface area contributed by atoms with Crippen LogP contribution >= 0.6 is 11.3 Å². The Morgan fingerprint density at radius 1 is 1.40 bits per heavy atom. The topological polar surface area (TPSA) is 38.0 Å². The maximum absolute atomic E-state index is 5.70. The van der Waals surface area contributed by atoms with Crippen LogP contribution < -0.4 is 11.1 Å². The fraction of sp³-hybridized carbons (Fsp3) is 0.429. The fourth-order valence-corrected chi connectivity index (χ4v) is 1.99. The second kappa shape index (κ2) is 2.50. The summed E-state index contributed by atoms with van der Waals surface area (Å²) in [4.78, 5) is 1.26. The van der Waals surface area contributed by atoms with Crippen molar-refractivity contribution in [3.63, 3.8) is 0 Å². The highest BCUT2D eigenvalue weighted by atomic mass is 32.1. The van der Waals surface area contributed by atoms with Crippen LogP contribution in [0.1, 0.15) is 10.4 Å². The minimum absolute atomic E-state index is 0.918. The predicted octanol–water partition coefficient (Wildman–Crippen LogP) is 1.99. The van der Waals surface area contributed by atoms with E-state index >= 15 is 0 Å². The number of nitrogen functional groups attached to an aromatic ring is 1. The summed E-state index contributed by atoms with van der Waals surface area (Å²) in [6, 6.07) is 0. The lowest BCUT2D eigenvalue weighted by Crippen LogP contribution is -1.90. The van der Waals surface area contributed by atoms with Crippen LogP contribution in [0.15, 0.2) is 0 Å². The Morgan fingerprint density at radius 3 is 2.20 bits per heavy atom. The molecule has 1 aromatic heterocycles. The zero-order chi connectivity index (χ0) is 7.72. The van der Waals surface area contributed by atoms with Gasteiger partial charge in [0.1, 0.15) is 0 Å². The molecule has 1 aromatic rings. The van der Waals surface area contributed by atoms with E-state index in [4.69, 9.17) is 5.73 Å². The number of nitrogens with two attached hydrogens (primary N) is 1. The summed E-state index contributed by atoms with van der Waals surface area (Å²) in [5.41, 5.74) is 8.05. The molecule has 0 unspecified atom stereocenters. The molecule has 1 heterocycles. The molecule has 3 N–H and O–H groups in total. The van der Waals surface area contributed by atoms with Gasteiger partial charge in [-0.05, 0) is 13.8 Å². The zero-order valence-corrected chi connectivity index (χ0v) is 7.30. The summed E-state index contributed by atoms with van der Waals surface area (Å²) in [5.74, 6) is 0. The quantitative estimate of drug-likeness (QED) is 0.652. The summed E-state index contributed by atoms with van der Waals surface area (Å²) >= 11 is 1.64. The van der Waals surface area contributed by atoms with Crippen molar-refractivity contribution in [2.24, 2.45) is 0 Å². The molecular weight excluding hydrogens is 144 g/mol. The summed E-state index contributed by atoms with van der Waals surface area (Å²) in [7, 11) is 1.92. The number of thiophene rings is 1. The zero-order valence-electron chi connectivity index (χ0n) is 6.49. The van der Waals surface area contributed by atoms with Gasteiger partial charge in [-0.25, -0.2) is 0 Å². The summed E-state index contributed by atoms with van der Waals surface area (Å²) in [5, 5.41) is 4.03. The van der Waals surface area contributed by atoms with Gasteiger partial charge in [-0.2, -0.15) is 0 Å². The van der Waals surface area contributed by atoms with Crippen molar-refractivity contribution in [2.75, 3.05) is 18.1 Å². The van der Waals surface area contributed by atoms with Gasteiger partial charge in [-0.1, -0.05) is 0 Å². The standard InChI is InChI=1S/C7H12N2S/c1-4-6(9-3)5(2)10-7(4)8/h9H,8H2,1-3H3. The molecule has 0 aliphatic carbocycles. The fourth-order valence-electron chi connectivity index (χ4n) is 1.04. The third-order valence-corrected chi connectivity index (χ3v) is 2.65. The van der Waals surface area contributed by atoms with Gasteiger partial charge in [0.15, 0.2) is 0 Å². The van der Waals surface area contributed by atoms with E-state index in [0.29, 0.717) is 0 Å². The second-order valence-electron chi connectivity index (χ2n) is 2.27. The van der Waals surface area contributed by atoms with E-state index in [-0.39, 0.29) is 0 Å². The molecule has 0 aliphatic heterocycles. The van der Waals surface area contributed by atoms with Crippen LogP contribution in [0.2, 0.25) is 0 Å². The highest BCUT2D eigenvalue weighted by Crippen LogP contribution is 2.33. The molecule has 0 fully saturated rings. The van der Waals surface area contributed by atoms with Gasteiger partial charge in [0.05, 0.1) is 10.7 Å². The third-order valence-electron chi connectivity index (χ3n) is 1.61. The van der Waals surface area contributed by atoms with Crippen molar-refractivity contribution in [3.8, 4) is 0 Å². The summed E-state index contributed by atoms with van der Waals surface area (Å²) in [6.45, 7) is 4.10. The maximum atomic E-state index is 5.70. The summed E-state index contributed by atoms with van der Waals surface area (Å²) < 4.78 is 0. The Morgan fingerprint density at radius 2 is 2.00 bits per heavy atom.